The molecule has 5 nitrogen and oxygen atoms in total. The molecule has 1 heterocycles. The summed E-state index contributed by atoms with van der Waals surface area (Å²) in [6.45, 7) is 5.91. The van der Waals surface area contributed by atoms with E-state index in [9.17, 15) is 4.79 Å². The molecule has 22 heavy (non-hydrogen) atoms. The van der Waals surface area contributed by atoms with Gasteiger partial charge in [0.15, 0.2) is 0 Å². The number of hydrogen-bond donors (Lipinski definition) is 1. The van der Waals surface area contributed by atoms with Gasteiger partial charge in [-0.25, -0.2) is 9.97 Å². The lowest BCUT2D eigenvalue weighted by molar-refractivity contribution is -0.117. The van der Waals surface area contributed by atoms with Crippen molar-refractivity contribution in [1.82, 2.24) is 9.97 Å². The first-order valence-corrected chi connectivity index (χ1v) is 7.28. The van der Waals surface area contributed by atoms with Crippen molar-refractivity contribution in [3.05, 3.63) is 48.0 Å². The van der Waals surface area contributed by atoms with Crippen molar-refractivity contribution in [2.45, 2.75) is 32.6 Å². The van der Waals surface area contributed by atoms with Gasteiger partial charge in [0.25, 0.3) is 0 Å². The molecule has 2 aromatic rings. The molecule has 0 aliphatic heterocycles. The van der Waals surface area contributed by atoms with Gasteiger partial charge in [-0.3, -0.25) is 4.79 Å². The van der Waals surface area contributed by atoms with Crippen LogP contribution in [0, 0.1) is 0 Å². The number of methoxy groups -OCH3 is 1. The largest absolute Gasteiger partial charge is 0.497 e. The quantitative estimate of drug-likeness (QED) is 0.919. The lowest BCUT2D eigenvalue weighted by Gasteiger charge is -2.13. The van der Waals surface area contributed by atoms with E-state index < -0.39 is 0 Å². The summed E-state index contributed by atoms with van der Waals surface area (Å²) in [7, 11) is 1.61. The molecule has 0 saturated carbocycles. The number of carbonyl (C=O) groups excluding carboxylic acids is 1. The third kappa shape index (κ3) is 3.81. The second kappa shape index (κ2) is 7.02. The van der Waals surface area contributed by atoms with Crippen molar-refractivity contribution in [1.29, 1.82) is 0 Å². The maximum atomic E-state index is 12.3. The normalized spacial score (nSPS) is 12.0. The van der Waals surface area contributed by atoms with Crippen LogP contribution in [0.5, 0.6) is 5.75 Å². The highest BCUT2D eigenvalue weighted by atomic mass is 16.5. The van der Waals surface area contributed by atoms with E-state index in [0.29, 0.717) is 5.69 Å². The summed E-state index contributed by atoms with van der Waals surface area (Å²) in [5.74, 6) is 1.37. The Kier molecular flexibility index (Phi) is 5.09. The van der Waals surface area contributed by atoms with Crippen LogP contribution < -0.4 is 10.1 Å². The van der Waals surface area contributed by atoms with Crippen molar-refractivity contribution in [3.8, 4) is 5.75 Å². The SMILES string of the molecule is COc1cccc(C(C)C(=O)Nc2cnc(C(C)C)nc2)c1. The molecule has 1 aromatic heterocycles. The summed E-state index contributed by atoms with van der Waals surface area (Å²) < 4.78 is 5.19. The van der Waals surface area contributed by atoms with E-state index >= 15 is 0 Å². The third-order valence-electron chi connectivity index (χ3n) is 3.44. The Bertz CT molecular complexity index is 639. The van der Waals surface area contributed by atoms with Gasteiger partial charge in [0.05, 0.1) is 31.1 Å². The summed E-state index contributed by atoms with van der Waals surface area (Å²) in [5, 5.41) is 2.84. The molecule has 1 N–H and O–H groups in total. The summed E-state index contributed by atoms with van der Waals surface area (Å²) in [5.41, 5.74) is 1.50. The monoisotopic (exact) mass is 299 g/mol. The van der Waals surface area contributed by atoms with Gasteiger partial charge >= 0.3 is 0 Å². The minimum absolute atomic E-state index is 0.103. The van der Waals surface area contributed by atoms with Gasteiger partial charge < -0.3 is 10.1 Å². The second-order valence-electron chi connectivity index (χ2n) is 5.47. The van der Waals surface area contributed by atoms with Gasteiger partial charge in [0, 0.05) is 5.92 Å². The topological polar surface area (TPSA) is 64.1 Å². The molecule has 5 heteroatoms. The fourth-order valence-electron chi connectivity index (χ4n) is 2.01. The second-order valence-corrected chi connectivity index (χ2v) is 5.47. The minimum Gasteiger partial charge on any atom is -0.497 e. The summed E-state index contributed by atoms with van der Waals surface area (Å²) in [4.78, 5) is 20.8. The van der Waals surface area contributed by atoms with Gasteiger partial charge in [0.2, 0.25) is 5.91 Å². The van der Waals surface area contributed by atoms with Crippen molar-refractivity contribution >= 4 is 11.6 Å². The number of nitrogens with zero attached hydrogens (tertiary/aromatic N) is 2. The van der Waals surface area contributed by atoms with Crippen LogP contribution in [0.3, 0.4) is 0 Å². The zero-order chi connectivity index (χ0) is 16.1. The highest BCUT2D eigenvalue weighted by Gasteiger charge is 2.16. The van der Waals surface area contributed by atoms with Crippen LogP contribution in [-0.4, -0.2) is 23.0 Å². The smallest absolute Gasteiger partial charge is 0.231 e. The van der Waals surface area contributed by atoms with Gasteiger partial charge in [0.1, 0.15) is 11.6 Å². The first kappa shape index (κ1) is 15.9. The molecule has 0 aliphatic rings. The zero-order valence-electron chi connectivity index (χ0n) is 13.3. The Hall–Kier alpha value is -2.43. The third-order valence-corrected chi connectivity index (χ3v) is 3.44. The average molecular weight is 299 g/mol. The summed E-state index contributed by atoms with van der Waals surface area (Å²) >= 11 is 0. The van der Waals surface area contributed by atoms with E-state index in [2.05, 4.69) is 15.3 Å². The number of amides is 1. The lowest BCUT2D eigenvalue weighted by Crippen LogP contribution is -2.19. The first-order chi connectivity index (χ1) is 10.5. The number of rotatable bonds is 5. The van der Waals surface area contributed by atoms with Crippen LogP contribution >= 0.6 is 0 Å². The van der Waals surface area contributed by atoms with Crippen LogP contribution in [0.2, 0.25) is 0 Å². The maximum Gasteiger partial charge on any atom is 0.231 e. The van der Waals surface area contributed by atoms with Gasteiger partial charge in [-0.05, 0) is 24.6 Å². The van der Waals surface area contributed by atoms with Crippen LogP contribution in [-0.2, 0) is 4.79 Å². The highest BCUT2D eigenvalue weighted by molar-refractivity contribution is 5.95. The number of hydrogen-bond acceptors (Lipinski definition) is 4. The molecule has 116 valence electrons. The Morgan fingerprint density at radius 3 is 2.45 bits per heavy atom. The predicted molar refractivity (Wildman–Crippen MR) is 86.2 cm³/mol. The molecule has 0 fully saturated rings. The molecule has 0 bridgehead atoms. The maximum absolute atomic E-state index is 12.3. The van der Waals surface area contributed by atoms with E-state index in [0.717, 1.165) is 17.1 Å². The molecule has 0 aliphatic carbocycles. The Labute approximate surface area is 130 Å². The van der Waals surface area contributed by atoms with E-state index in [1.807, 2.05) is 45.0 Å². The number of nitrogens with one attached hydrogen (secondary N) is 1. The Morgan fingerprint density at radius 2 is 1.86 bits per heavy atom. The minimum atomic E-state index is -0.292. The number of anilines is 1. The molecule has 1 unspecified atom stereocenters. The first-order valence-electron chi connectivity index (χ1n) is 7.28. The van der Waals surface area contributed by atoms with Gasteiger partial charge in [-0.2, -0.15) is 0 Å². The summed E-state index contributed by atoms with van der Waals surface area (Å²) in [6, 6.07) is 7.50. The van der Waals surface area contributed by atoms with Crippen LogP contribution in [0.25, 0.3) is 0 Å². The van der Waals surface area contributed by atoms with Crippen LogP contribution in [0.4, 0.5) is 5.69 Å². The lowest BCUT2D eigenvalue weighted by atomic mass is 10.00. The molecule has 1 atom stereocenters. The standard InChI is InChI=1S/C17H21N3O2/c1-11(2)16-18-9-14(10-19-16)20-17(21)12(3)13-6-5-7-15(8-13)22-4/h5-12H,1-4H3,(H,20,21). The van der Waals surface area contributed by atoms with E-state index in [1.165, 1.54) is 0 Å². The Morgan fingerprint density at radius 1 is 1.18 bits per heavy atom. The molecule has 0 spiro atoms. The van der Waals surface area contributed by atoms with E-state index in [4.69, 9.17) is 4.74 Å². The highest BCUT2D eigenvalue weighted by Crippen LogP contribution is 2.22. The average Bonchev–Trinajstić information content (AvgIpc) is 2.54. The molecule has 1 amide bonds. The van der Waals surface area contributed by atoms with E-state index in [-0.39, 0.29) is 17.7 Å². The predicted octanol–water partition coefficient (Wildman–Crippen LogP) is 3.35. The number of ether oxygens (including phenoxy) is 1. The van der Waals surface area contributed by atoms with Crippen molar-refractivity contribution in [2.24, 2.45) is 0 Å². The van der Waals surface area contributed by atoms with Gasteiger partial charge in [-0.1, -0.05) is 26.0 Å². The molecule has 0 saturated heterocycles. The van der Waals surface area contributed by atoms with Crippen molar-refractivity contribution in [3.63, 3.8) is 0 Å². The Balaban J connectivity index is 2.07. The molecule has 1 aromatic carbocycles. The fourth-order valence-corrected chi connectivity index (χ4v) is 2.01. The fraction of sp³-hybridized carbons (Fsp3) is 0.353. The molecular weight excluding hydrogens is 278 g/mol. The number of aromatic nitrogens is 2. The van der Waals surface area contributed by atoms with E-state index in [1.54, 1.807) is 19.5 Å². The zero-order valence-corrected chi connectivity index (χ0v) is 13.3. The number of carbonyl (C=O) groups is 1. The van der Waals surface area contributed by atoms with Crippen LogP contribution in [0.15, 0.2) is 36.7 Å². The molecule has 0 radical (unpaired) electrons. The molecular formula is C17H21N3O2. The van der Waals surface area contributed by atoms with Crippen LogP contribution in [0.1, 0.15) is 44.0 Å². The molecule has 2 rings (SSSR count). The van der Waals surface area contributed by atoms with Crippen molar-refractivity contribution in [2.75, 3.05) is 12.4 Å². The number of benzene rings is 1. The summed E-state index contributed by atoms with van der Waals surface area (Å²) in [6.07, 6.45) is 3.27. The van der Waals surface area contributed by atoms with Gasteiger partial charge in [-0.15, -0.1) is 0 Å². The van der Waals surface area contributed by atoms with Crippen molar-refractivity contribution < 1.29 is 9.53 Å².